The van der Waals surface area contributed by atoms with Crippen LogP contribution in [0.1, 0.15) is 5.56 Å². The average molecular weight is 375 g/mol. The summed E-state index contributed by atoms with van der Waals surface area (Å²) >= 11 is 17.0. The smallest absolute Gasteiger partial charge is 0.247 e. The minimum Gasteiger partial charge on any atom is -0.371 e. The number of sulfone groups is 1. The molecule has 0 saturated carbocycles. The summed E-state index contributed by atoms with van der Waals surface area (Å²) in [6, 6.07) is 2.86. The van der Waals surface area contributed by atoms with Crippen molar-refractivity contribution in [2.24, 2.45) is 0 Å². The zero-order valence-electron chi connectivity index (χ0n) is 11.2. The van der Waals surface area contributed by atoms with Gasteiger partial charge in [0.1, 0.15) is 12.5 Å². The predicted octanol–water partition coefficient (Wildman–Crippen LogP) is 2.40. The summed E-state index contributed by atoms with van der Waals surface area (Å²) in [6.45, 7) is 1.86. The third-order valence-corrected chi connectivity index (χ3v) is 5.26. The first-order valence-electron chi connectivity index (χ1n) is 5.90. The Morgan fingerprint density at radius 2 is 2.00 bits per heavy atom. The van der Waals surface area contributed by atoms with Gasteiger partial charge in [0.05, 0.1) is 16.5 Å². The van der Waals surface area contributed by atoms with Gasteiger partial charge in [-0.1, -0.05) is 23.2 Å². The first-order valence-corrected chi connectivity index (χ1v) is 8.68. The molecule has 0 unspecified atom stereocenters. The molecule has 0 aliphatic rings. The number of nitrogens with one attached hydrogen (secondary N) is 1. The molecule has 0 radical (unpaired) electrons. The van der Waals surface area contributed by atoms with Crippen LogP contribution in [0.25, 0.3) is 0 Å². The number of benzene rings is 1. The lowest BCUT2D eigenvalue weighted by molar-refractivity contribution is -0.115. The van der Waals surface area contributed by atoms with Crippen molar-refractivity contribution in [1.29, 1.82) is 0 Å². The van der Waals surface area contributed by atoms with Gasteiger partial charge in [0.25, 0.3) is 0 Å². The number of carbonyl (C=O) groups excluding carboxylic acids is 1. The number of hydrogen-bond acceptors (Lipinski definition) is 5. The van der Waals surface area contributed by atoms with Crippen LogP contribution in [0.4, 0.5) is 0 Å². The van der Waals surface area contributed by atoms with Crippen molar-refractivity contribution in [1.82, 2.24) is 5.32 Å². The largest absolute Gasteiger partial charge is 0.371 e. The van der Waals surface area contributed by atoms with E-state index >= 15 is 0 Å². The van der Waals surface area contributed by atoms with Crippen molar-refractivity contribution >= 4 is 49.9 Å². The lowest BCUT2D eigenvalue weighted by Crippen LogP contribution is -2.27. The van der Waals surface area contributed by atoms with E-state index in [-0.39, 0.29) is 35.6 Å². The van der Waals surface area contributed by atoms with Crippen molar-refractivity contribution in [3.05, 3.63) is 27.7 Å². The molecule has 118 valence electrons. The molecule has 21 heavy (non-hydrogen) atoms. The molecule has 1 N–H and O–H groups in total. The molecule has 1 aromatic carbocycles. The number of hydrogen-bond donors (Lipinski definition) is 1. The molecule has 1 aromatic rings. The molecule has 0 bridgehead atoms. The number of carbonyl (C=O) groups is 1. The maximum absolute atomic E-state index is 12.2. The second-order valence-corrected chi connectivity index (χ2v) is 7.32. The van der Waals surface area contributed by atoms with Gasteiger partial charge < -0.3 is 10.1 Å². The van der Waals surface area contributed by atoms with Crippen LogP contribution >= 0.6 is 34.8 Å². The van der Waals surface area contributed by atoms with Crippen LogP contribution in [0, 0.1) is 6.92 Å². The number of ether oxygens (including phenoxy) is 1. The molecule has 0 fully saturated rings. The van der Waals surface area contributed by atoms with Crippen LogP contribution in [0.15, 0.2) is 17.0 Å². The summed E-state index contributed by atoms with van der Waals surface area (Å²) < 4.78 is 29.2. The third kappa shape index (κ3) is 5.73. The van der Waals surface area contributed by atoms with E-state index in [0.717, 1.165) is 0 Å². The summed E-state index contributed by atoms with van der Waals surface area (Å²) in [5.74, 6) is -0.300. The topological polar surface area (TPSA) is 72.5 Å². The monoisotopic (exact) mass is 373 g/mol. The van der Waals surface area contributed by atoms with Gasteiger partial charge in [-0.2, -0.15) is 0 Å². The van der Waals surface area contributed by atoms with E-state index in [2.05, 4.69) is 5.32 Å². The standard InChI is InChI=1S/C12H14Cl3NO4S/c1-8-9(13)2-3-10(12(8)15)21(18,19)7-16-4-5-20-6-11(14)17/h2-3,16H,4-7H2,1H3. The van der Waals surface area contributed by atoms with Crippen LogP contribution < -0.4 is 5.32 Å². The Morgan fingerprint density at radius 3 is 2.62 bits per heavy atom. The van der Waals surface area contributed by atoms with Gasteiger partial charge >= 0.3 is 0 Å². The molecule has 1 rings (SSSR count). The van der Waals surface area contributed by atoms with E-state index in [1.807, 2.05) is 0 Å². The van der Waals surface area contributed by atoms with Gasteiger partial charge in [-0.05, 0) is 36.2 Å². The van der Waals surface area contributed by atoms with E-state index in [0.29, 0.717) is 10.6 Å². The lowest BCUT2D eigenvalue weighted by Gasteiger charge is -2.10. The van der Waals surface area contributed by atoms with Crippen molar-refractivity contribution < 1.29 is 17.9 Å². The van der Waals surface area contributed by atoms with Crippen LogP contribution in [-0.4, -0.2) is 39.3 Å². The van der Waals surface area contributed by atoms with E-state index in [9.17, 15) is 13.2 Å². The molecule has 0 aromatic heterocycles. The van der Waals surface area contributed by atoms with Gasteiger partial charge in [-0.15, -0.1) is 0 Å². The van der Waals surface area contributed by atoms with Crippen molar-refractivity contribution in [3.8, 4) is 0 Å². The SMILES string of the molecule is Cc1c(Cl)ccc(S(=O)(=O)CNCCOCC(=O)Cl)c1Cl. The van der Waals surface area contributed by atoms with Crippen molar-refractivity contribution in [2.75, 3.05) is 25.6 Å². The van der Waals surface area contributed by atoms with E-state index in [4.69, 9.17) is 39.5 Å². The average Bonchev–Trinajstić information content (AvgIpc) is 2.39. The minimum absolute atomic E-state index is 0.0235. The molecule has 0 aliphatic heterocycles. The molecule has 0 saturated heterocycles. The Hall–Kier alpha value is -0.370. The molecule has 0 amide bonds. The van der Waals surface area contributed by atoms with Crippen LogP contribution in [-0.2, 0) is 19.4 Å². The van der Waals surface area contributed by atoms with Crippen LogP contribution in [0.3, 0.4) is 0 Å². The Morgan fingerprint density at radius 1 is 1.33 bits per heavy atom. The summed E-state index contributed by atoms with van der Waals surface area (Å²) in [7, 11) is -3.58. The first-order chi connectivity index (χ1) is 9.75. The quantitative estimate of drug-likeness (QED) is 0.559. The Kier molecular flexibility index (Phi) is 7.39. The molecule has 0 heterocycles. The van der Waals surface area contributed by atoms with Gasteiger partial charge in [-0.25, -0.2) is 8.42 Å². The molecule has 5 nitrogen and oxygen atoms in total. The maximum atomic E-state index is 12.2. The van der Waals surface area contributed by atoms with Gasteiger partial charge in [0.15, 0.2) is 9.84 Å². The fraction of sp³-hybridized carbons (Fsp3) is 0.417. The molecule has 0 spiro atoms. The Labute approximate surface area is 138 Å². The predicted molar refractivity (Wildman–Crippen MR) is 82.9 cm³/mol. The van der Waals surface area contributed by atoms with Gasteiger partial charge in [0.2, 0.25) is 5.24 Å². The zero-order chi connectivity index (χ0) is 16.0. The highest BCUT2D eigenvalue weighted by Crippen LogP contribution is 2.30. The minimum atomic E-state index is -3.58. The van der Waals surface area contributed by atoms with Gasteiger partial charge in [0, 0.05) is 11.6 Å². The van der Waals surface area contributed by atoms with Crippen molar-refractivity contribution in [2.45, 2.75) is 11.8 Å². The molecular formula is C12H14Cl3NO4S. The fourth-order valence-corrected chi connectivity index (χ4v) is 3.53. The molecule has 0 atom stereocenters. The Bertz CT molecular complexity index is 619. The Balaban J connectivity index is 2.59. The highest BCUT2D eigenvalue weighted by molar-refractivity contribution is 7.91. The number of rotatable bonds is 8. The highest BCUT2D eigenvalue weighted by atomic mass is 35.5. The number of halogens is 3. The summed E-state index contributed by atoms with van der Waals surface area (Å²) in [5, 5.41) is 2.62. The summed E-state index contributed by atoms with van der Waals surface area (Å²) in [6.07, 6.45) is 0. The van der Waals surface area contributed by atoms with Gasteiger partial charge in [-0.3, -0.25) is 4.79 Å². The molecule has 0 aliphatic carbocycles. The van der Waals surface area contributed by atoms with Crippen LogP contribution in [0.5, 0.6) is 0 Å². The van der Waals surface area contributed by atoms with E-state index < -0.39 is 15.1 Å². The van der Waals surface area contributed by atoms with Crippen LogP contribution in [0.2, 0.25) is 10.0 Å². The third-order valence-electron chi connectivity index (χ3n) is 2.55. The lowest BCUT2D eigenvalue weighted by atomic mass is 10.2. The summed E-state index contributed by atoms with van der Waals surface area (Å²) in [4.78, 5) is 10.4. The maximum Gasteiger partial charge on any atom is 0.247 e. The second-order valence-electron chi connectivity index (χ2n) is 4.15. The van der Waals surface area contributed by atoms with E-state index in [1.54, 1.807) is 6.92 Å². The first kappa shape index (κ1) is 18.7. The normalized spacial score (nSPS) is 11.6. The fourth-order valence-electron chi connectivity index (χ4n) is 1.46. The zero-order valence-corrected chi connectivity index (χ0v) is 14.2. The molecule has 9 heteroatoms. The van der Waals surface area contributed by atoms with Crippen molar-refractivity contribution in [3.63, 3.8) is 0 Å². The second kappa shape index (κ2) is 8.31. The van der Waals surface area contributed by atoms with E-state index in [1.165, 1.54) is 12.1 Å². The molecular weight excluding hydrogens is 361 g/mol. The summed E-state index contributed by atoms with van der Waals surface area (Å²) in [5.41, 5.74) is 0.517. The highest BCUT2D eigenvalue weighted by Gasteiger charge is 2.19.